The second kappa shape index (κ2) is 2.37. The second-order valence-corrected chi connectivity index (χ2v) is 3.07. The summed E-state index contributed by atoms with van der Waals surface area (Å²) in [6.45, 7) is 0. The van der Waals surface area contributed by atoms with Crippen molar-refractivity contribution in [1.29, 1.82) is 0 Å². The van der Waals surface area contributed by atoms with Crippen molar-refractivity contribution in [3.8, 4) is 12.3 Å². The molecule has 1 aromatic heterocycles. The van der Waals surface area contributed by atoms with Crippen LogP contribution in [0.25, 0.3) is 10.2 Å². The van der Waals surface area contributed by atoms with E-state index in [0.717, 1.165) is 11.1 Å². The molecule has 1 heterocycles. The van der Waals surface area contributed by atoms with Crippen LogP contribution in [0, 0.1) is 12.3 Å². The third-order valence-electron chi connectivity index (χ3n) is 1.50. The number of hydrogen-bond acceptors (Lipinski definition) is 2. The van der Waals surface area contributed by atoms with E-state index in [9.17, 15) is 0 Å². The highest BCUT2D eigenvalue weighted by atomic mass is 32.1. The first-order valence-corrected chi connectivity index (χ1v) is 4.08. The molecule has 0 amide bonds. The molecule has 0 unspecified atom stereocenters. The van der Waals surface area contributed by atoms with Gasteiger partial charge in [-0.25, -0.2) is 4.98 Å². The summed E-state index contributed by atoms with van der Waals surface area (Å²) in [4.78, 5) is 4.15. The van der Waals surface area contributed by atoms with Gasteiger partial charge in [0.25, 0.3) is 0 Å². The molecule has 0 saturated carbocycles. The van der Waals surface area contributed by atoms with Gasteiger partial charge in [-0.15, -0.1) is 17.8 Å². The van der Waals surface area contributed by atoms with Crippen LogP contribution in [-0.2, 0) is 0 Å². The van der Waals surface area contributed by atoms with E-state index in [0.29, 0.717) is 0 Å². The van der Waals surface area contributed by atoms with Gasteiger partial charge in [0.2, 0.25) is 0 Å². The Morgan fingerprint density at radius 3 is 3.18 bits per heavy atom. The first-order chi connectivity index (χ1) is 5.40. The smallest absolute Gasteiger partial charge is 0.0824 e. The van der Waals surface area contributed by atoms with Crippen molar-refractivity contribution >= 4 is 21.6 Å². The van der Waals surface area contributed by atoms with E-state index in [1.165, 1.54) is 4.70 Å². The molecule has 0 bridgehead atoms. The van der Waals surface area contributed by atoms with Crippen LogP contribution < -0.4 is 0 Å². The molecule has 0 saturated heterocycles. The van der Waals surface area contributed by atoms with Gasteiger partial charge in [0.05, 0.1) is 15.7 Å². The molecule has 2 heteroatoms. The van der Waals surface area contributed by atoms with Crippen molar-refractivity contribution in [3.63, 3.8) is 0 Å². The number of thiazole rings is 1. The normalized spacial score (nSPS) is 9.73. The third-order valence-corrected chi connectivity index (χ3v) is 2.31. The Kier molecular flexibility index (Phi) is 1.38. The van der Waals surface area contributed by atoms with Crippen LogP contribution in [0.5, 0.6) is 0 Å². The summed E-state index contributed by atoms with van der Waals surface area (Å²) in [5.74, 6) is 2.57. The van der Waals surface area contributed by atoms with Crippen LogP contribution in [0.4, 0.5) is 0 Å². The van der Waals surface area contributed by atoms with E-state index < -0.39 is 0 Å². The average molecular weight is 159 g/mol. The fraction of sp³-hybridized carbons (Fsp3) is 0. The van der Waals surface area contributed by atoms with Crippen molar-refractivity contribution in [2.75, 3.05) is 0 Å². The minimum Gasteiger partial charge on any atom is -0.245 e. The maximum Gasteiger partial charge on any atom is 0.0824 e. The van der Waals surface area contributed by atoms with Crippen molar-refractivity contribution in [1.82, 2.24) is 4.98 Å². The first kappa shape index (κ1) is 6.38. The maximum atomic E-state index is 5.24. The van der Waals surface area contributed by atoms with Crippen molar-refractivity contribution < 1.29 is 0 Å². The van der Waals surface area contributed by atoms with Gasteiger partial charge in [0, 0.05) is 5.56 Å². The van der Waals surface area contributed by atoms with Gasteiger partial charge in [-0.1, -0.05) is 5.92 Å². The van der Waals surface area contributed by atoms with Crippen LogP contribution >= 0.6 is 11.3 Å². The summed E-state index contributed by atoms with van der Waals surface area (Å²) < 4.78 is 1.18. The molecule has 0 spiro atoms. The fourth-order valence-corrected chi connectivity index (χ4v) is 1.61. The highest BCUT2D eigenvalue weighted by Gasteiger charge is 1.95. The van der Waals surface area contributed by atoms with E-state index >= 15 is 0 Å². The average Bonchev–Trinajstić information content (AvgIpc) is 2.50. The topological polar surface area (TPSA) is 12.9 Å². The van der Waals surface area contributed by atoms with Gasteiger partial charge in [0.1, 0.15) is 0 Å². The van der Waals surface area contributed by atoms with E-state index in [1.807, 2.05) is 23.7 Å². The molecule has 0 radical (unpaired) electrons. The number of nitrogens with zero attached hydrogens (tertiary/aromatic N) is 1. The lowest BCUT2D eigenvalue weighted by molar-refractivity contribution is 1.49. The zero-order valence-electron chi connectivity index (χ0n) is 5.74. The van der Waals surface area contributed by atoms with Crippen molar-refractivity contribution in [2.24, 2.45) is 0 Å². The number of hydrogen-bond donors (Lipinski definition) is 0. The molecule has 0 atom stereocenters. The SMILES string of the molecule is C#Cc1ccc2scnc2c1. The fourth-order valence-electron chi connectivity index (χ4n) is 0.948. The molecule has 52 valence electrons. The highest BCUT2D eigenvalue weighted by molar-refractivity contribution is 7.16. The number of aromatic nitrogens is 1. The Morgan fingerprint density at radius 1 is 1.45 bits per heavy atom. The van der Waals surface area contributed by atoms with Gasteiger partial charge in [-0.05, 0) is 18.2 Å². The minimum absolute atomic E-state index is 0.892. The lowest BCUT2D eigenvalue weighted by atomic mass is 10.2. The Morgan fingerprint density at radius 2 is 2.36 bits per heavy atom. The lowest BCUT2D eigenvalue weighted by Gasteiger charge is -1.88. The molecule has 2 rings (SSSR count). The predicted octanol–water partition coefficient (Wildman–Crippen LogP) is 2.28. The van der Waals surface area contributed by atoms with E-state index in [1.54, 1.807) is 11.3 Å². The van der Waals surface area contributed by atoms with E-state index in [-0.39, 0.29) is 0 Å². The Hall–Kier alpha value is -1.33. The molecule has 2 aromatic rings. The molecule has 0 aliphatic rings. The van der Waals surface area contributed by atoms with Crippen molar-refractivity contribution in [2.45, 2.75) is 0 Å². The molecule has 1 aromatic carbocycles. The number of benzene rings is 1. The molecular weight excluding hydrogens is 154 g/mol. The molecule has 11 heavy (non-hydrogen) atoms. The van der Waals surface area contributed by atoms with Gasteiger partial charge < -0.3 is 0 Å². The number of fused-ring (bicyclic) bond motifs is 1. The van der Waals surface area contributed by atoms with Gasteiger partial charge in [-0.2, -0.15) is 0 Å². The van der Waals surface area contributed by atoms with Gasteiger partial charge in [-0.3, -0.25) is 0 Å². The molecule has 0 N–H and O–H groups in total. The third kappa shape index (κ3) is 0.997. The van der Waals surface area contributed by atoms with Crippen LogP contribution in [0.1, 0.15) is 5.56 Å². The lowest BCUT2D eigenvalue weighted by Crippen LogP contribution is -1.72. The zero-order valence-corrected chi connectivity index (χ0v) is 6.56. The van der Waals surface area contributed by atoms with E-state index in [4.69, 9.17) is 6.42 Å². The van der Waals surface area contributed by atoms with Crippen LogP contribution in [0.2, 0.25) is 0 Å². The summed E-state index contributed by atoms with van der Waals surface area (Å²) in [6.07, 6.45) is 5.24. The largest absolute Gasteiger partial charge is 0.245 e. The zero-order chi connectivity index (χ0) is 7.68. The minimum atomic E-state index is 0.892. The van der Waals surface area contributed by atoms with Crippen LogP contribution in [0.15, 0.2) is 23.7 Å². The Balaban J connectivity index is 2.79. The summed E-state index contributed by atoms with van der Waals surface area (Å²) in [6, 6.07) is 5.86. The highest BCUT2D eigenvalue weighted by Crippen LogP contribution is 2.17. The standard InChI is InChI=1S/C9H5NS/c1-2-7-3-4-9-8(5-7)10-6-11-9/h1,3-6H. The van der Waals surface area contributed by atoms with E-state index in [2.05, 4.69) is 10.9 Å². The Labute approximate surface area is 68.7 Å². The molecule has 1 nitrogen and oxygen atoms in total. The summed E-state index contributed by atoms with van der Waals surface area (Å²) in [5.41, 5.74) is 3.71. The quantitative estimate of drug-likeness (QED) is 0.537. The number of rotatable bonds is 0. The van der Waals surface area contributed by atoms with Gasteiger partial charge >= 0.3 is 0 Å². The molecule has 0 aliphatic heterocycles. The summed E-state index contributed by atoms with van der Waals surface area (Å²) >= 11 is 1.63. The molecular formula is C9H5NS. The molecule has 0 fully saturated rings. The van der Waals surface area contributed by atoms with Gasteiger partial charge in [0.15, 0.2) is 0 Å². The number of terminal acetylenes is 1. The monoisotopic (exact) mass is 159 g/mol. The first-order valence-electron chi connectivity index (χ1n) is 3.20. The van der Waals surface area contributed by atoms with Crippen LogP contribution in [-0.4, -0.2) is 4.98 Å². The Bertz CT molecular complexity index is 422. The maximum absolute atomic E-state index is 5.24. The predicted molar refractivity (Wildman–Crippen MR) is 47.6 cm³/mol. The van der Waals surface area contributed by atoms with Crippen LogP contribution in [0.3, 0.4) is 0 Å². The van der Waals surface area contributed by atoms with Crippen molar-refractivity contribution in [3.05, 3.63) is 29.3 Å². The summed E-state index contributed by atoms with van der Waals surface area (Å²) in [7, 11) is 0. The molecule has 0 aliphatic carbocycles. The summed E-state index contributed by atoms with van der Waals surface area (Å²) in [5, 5.41) is 0. The second-order valence-electron chi connectivity index (χ2n) is 2.18.